The first-order valence-electron chi connectivity index (χ1n) is 9.87. The van der Waals surface area contributed by atoms with Crippen LogP contribution in [0.4, 0.5) is 4.79 Å². The fourth-order valence-corrected chi connectivity index (χ4v) is 3.76. The number of ether oxygens (including phenoxy) is 1. The summed E-state index contributed by atoms with van der Waals surface area (Å²) in [4.78, 5) is 20.0. The predicted molar refractivity (Wildman–Crippen MR) is 111 cm³/mol. The Balaban J connectivity index is 1.28. The number of hydrogen-bond donors (Lipinski definition) is 3. The molecule has 1 aliphatic carbocycles. The van der Waals surface area contributed by atoms with Crippen molar-refractivity contribution in [1.82, 2.24) is 15.3 Å². The topological polar surface area (TPSA) is 105 Å². The van der Waals surface area contributed by atoms with Crippen LogP contribution in [-0.4, -0.2) is 45.5 Å². The Bertz CT molecular complexity index is 967. The molecule has 0 aliphatic heterocycles. The average molecular weight is 405 g/mol. The number of carbonyl (C=O) groups is 1. The number of nitrogens with zero attached hydrogens (tertiary/aromatic N) is 2. The normalized spacial score (nSPS) is 14.5. The molecule has 30 heavy (non-hydrogen) atoms. The highest BCUT2D eigenvalue weighted by Gasteiger charge is 2.29. The molecule has 0 bridgehead atoms. The maximum Gasteiger partial charge on any atom is 0.407 e. The molecule has 1 heterocycles. The fraction of sp³-hybridized carbons (Fsp3) is 0.261. The molecule has 0 fully saturated rings. The Morgan fingerprint density at radius 2 is 1.57 bits per heavy atom. The Hall–Kier alpha value is -3.29. The number of rotatable bonds is 7. The summed E-state index contributed by atoms with van der Waals surface area (Å²) in [5.74, 6) is 0.136. The summed E-state index contributed by atoms with van der Waals surface area (Å²) in [5, 5.41) is 22.8. The number of alkyl carbamates (subject to hydrolysis) is 1. The van der Waals surface area contributed by atoms with Crippen molar-refractivity contribution < 1.29 is 19.7 Å². The van der Waals surface area contributed by atoms with Crippen LogP contribution in [0.3, 0.4) is 0 Å². The van der Waals surface area contributed by atoms with Gasteiger partial charge in [0.2, 0.25) is 0 Å². The third-order valence-electron chi connectivity index (χ3n) is 5.27. The van der Waals surface area contributed by atoms with Crippen LogP contribution in [-0.2, 0) is 4.74 Å². The lowest BCUT2D eigenvalue weighted by molar-refractivity contribution is 0.00845. The predicted octanol–water partition coefficient (Wildman–Crippen LogP) is 2.80. The molecule has 0 radical (unpaired) electrons. The van der Waals surface area contributed by atoms with Crippen molar-refractivity contribution in [2.45, 2.75) is 24.5 Å². The summed E-state index contributed by atoms with van der Waals surface area (Å²) in [6, 6.07) is 17.9. The van der Waals surface area contributed by atoms with Gasteiger partial charge in [-0.15, -0.1) is 0 Å². The molecule has 1 aromatic heterocycles. The molecule has 4 rings (SSSR count). The van der Waals surface area contributed by atoms with Crippen molar-refractivity contribution in [2.24, 2.45) is 0 Å². The maximum absolute atomic E-state index is 12.1. The number of fused-ring (bicyclic) bond motifs is 3. The number of aliphatic hydroxyl groups excluding tert-OH is 2. The van der Waals surface area contributed by atoms with Crippen molar-refractivity contribution >= 4 is 6.09 Å². The first-order chi connectivity index (χ1) is 14.6. The first-order valence-corrected chi connectivity index (χ1v) is 9.87. The summed E-state index contributed by atoms with van der Waals surface area (Å²) in [7, 11) is 0. The van der Waals surface area contributed by atoms with Gasteiger partial charge < -0.3 is 20.3 Å². The molecule has 2 aromatic carbocycles. The maximum atomic E-state index is 12.1. The molecule has 0 spiro atoms. The molecular formula is C23H23N3O4. The number of benzene rings is 2. The van der Waals surface area contributed by atoms with E-state index in [0.29, 0.717) is 0 Å². The van der Waals surface area contributed by atoms with Crippen LogP contribution in [0, 0.1) is 0 Å². The second-order valence-corrected chi connectivity index (χ2v) is 7.16. The molecule has 2 atom stereocenters. The number of aliphatic hydroxyl groups is 2. The molecule has 1 aliphatic rings. The molecule has 154 valence electrons. The van der Waals surface area contributed by atoms with E-state index in [1.807, 2.05) is 24.3 Å². The Kier molecular flexibility index (Phi) is 6.02. The number of aromatic nitrogens is 2. The van der Waals surface area contributed by atoms with E-state index in [1.54, 1.807) is 6.07 Å². The van der Waals surface area contributed by atoms with E-state index in [-0.39, 0.29) is 31.3 Å². The number of amides is 1. The van der Waals surface area contributed by atoms with E-state index >= 15 is 0 Å². The summed E-state index contributed by atoms with van der Waals surface area (Å²) in [6.45, 7) is 0.380. The zero-order chi connectivity index (χ0) is 20.9. The second kappa shape index (κ2) is 9.02. The van der Waals surface area contributed by atoms with Gasteiger partial charge >= 0.3 is 6.09 Å². The summed E-state index contributed by atoms with van der Waals surface area (Å²) < 4.78 is 5.45. The van der Waals surface area contributed by atoms with Crippen molar-refractivity contribution in [1.29, 1.82) is 0 Å². The third-order valence-corrected chi connectivity index (χ3v) is 5.27. The summed E-state index contributed by atoms with van der Waals surface area (Å²) in [6.07, 6.45) is 0.260. The molecule has 3 aromatic rings. The van der Waals surface area contributed by atoms with E-state index in [4.69, 9.17) is 4.74 Å². The van der Waals surface area contributed by atoms with Crippen LogP contribution in [0.25, 0.3) is 11.1 Å². The largest absolute Gasteiger partial charge is 0.449 e. The zero-order valence-electron chi connectivity index (χ0n) is 16.3. The van der Waals surface area contributed by atoms with Crippen LogP contribution in [0.5, 0.6) is 0 Å². The molecule has 1 amide bonds. The smallest absolute Gasteiger partial charge is 0.407 e. The van der Waals surface area contributed by atoms with Crippen LogP contribution in [0.2, 0.25) is 0 Å². The van der Waals surface area contributed by atoms with Gasteiger partial charge in [0.25, 0.3) is 0 Å². The standard InChI is InChI=1S/C23H23N3O4/c27-20(21(28)22-24-11-5-12-25-22)10-13-26-23(29)30-14-19-17-8-3-1-6-15(17)16-7-2-4-9-18(16)19/h1-9,11-12,19-21,27-28H,10,13-14H2,(H,26,29). The number of carbonyl (C=O) groups excluding carboxylic acids is 1. The van der Waals surface area contributed by atoms with Gasteiger partial charge in [0.15, 0.2) is 5.82 Å². The highest BCUT2D eigenvalue weighted by Crippen LogP contribution is 2.44. The van der Waals surface area contributed by atoms with E-state index in [2.05, 4.69) is 39.6 Å². The molecule has 0 saturated carbocycles. The Morgan fingerprint density at radius 1 is 0.967 bits per heavy atom. The third kappa shape index (κ3) is 4.17. The van der Waals surface area contributed by atoms with Gasteiger partial charge in [0.05, 0.1) is 6.10 Å². The van der Waals surface area contributed by atoms with Gasteiger partial charge in [0, 0.05) is 24.9 Å². The number of nitrogens with one attached hydrogen (secondary N) is 1. The van der Waals surface area contributed by atoms with Crippen LogP contribution in [0.1, 0.15) is 35.4 Å². The minimum atomic E-state index is -1.21. The molecule has 7 nitrogen and oxygen atoms in total. The van der Waals surface area contributed by atoms with Gasteiger partial charge in [-0.05, 0) is 34.7 Å². The second-order valence-electron chi connectivity index (χ2n) is 7.16. The van der Waals surface area contributed by atoms with E-state index < -0.39 is 18.3 Å². The van der Waals surface area contributed by atoms with Crippen molar-refractivity contribution in [3.8, 4) is 11.1 Å². The Labute approximate surface area is 174 Å². The lowest BCUT2D eigenvalue weighted by Gasteiger charge is -2.17. The van der Waals surface area contributed by atoms with Crippen LogP contribution < -0.4 is 5.32 Å². The van der Waals surface area contributed by atoms with E-state index in [1.165, 1.54) is 23.5 Å². The Morgan fingerprint density at radius 3 is 2.20 bits per heavy atom. The van der Waals surface area contributed by atoms with Gasteiger partial charge in [-0.2, -0.15) is 0 Å². The summed E-state index contributed by atoms with van der Waals surface area (Å²) >= 11 is 0. The van der Waals surface area contributed by atoms with Crippen molar-refractivity contribution in [3.05, 3.63) is 83.9 Å². The van der Waals surface area contributed by atoms with Crippen molar-refractivity contribution in [3.63, 3.8) is 0 Å². The first kappa shape index (κ1) is 20.0. The molecule has 0 saturated heterocycles. The SMILES string of the molecule is O=C(NCCC(O)C(O)c1ncccn1)OCC1c2ccccc2-c2ccccc21. The van der Waals surface area contributed by atoms with Gasteiger partial charge in [0.1, 0.15) is 12.7 Å². The minimum absolute atomic E-state index is 0.00853. The molecule has 2 unspecified atom stereocenters. The van der Waals surface area contributed by atoms with E-state index in [9.17, 15) is 15.0 Å². The lowest BCUT2D eigenvalue weighted by atomic mass is 9.98. The van der Waals surface area contributed by atoms with Crippen molar-refractivity contribution in [2.75, 3.05) is 13.2 Å². The minimum Gasteiger partial charge on any atom is -0.449 e. The lowest BCUT2D eigenvalue weighted by Crippen LogP contribution is -2.31. The van der Waals surface area contributed by atoms with Crippen LogP contribution >= 0.6 is 0 Å². The van der Waals surface area contributed by atoms with E-state index in [0.717, 1.165) is 11.1 Å². The van der Waals surface area contributed by atoms with Crippen LogP contribution in [0.15, 0.2) is 67.0 Å². The fourth-order valence-electron chi connectivity index (χ4n) is 3.76. The average Bonchev–Trinajstić information content (AvgIpc) is 3.11. The van der Waals surface area contributed by atoms with Gasteiger partial charge in [-0.3, -0.25) is 0 Å². The quantitative estimate of drug-likeness (QED) is 0.558. The molecule has 7 heteroatoms. The van der Waals surface area contributed by atoms with Gasteiger partial charge in [-0.25, -0.2) is 14.8 Å². The zero-order valence-corrected chi connectivity index (χ0v) is 16.3. The highest BCUT2D eigenvalue weighted by atomic mass is 16.5. The molecule has 3 N–H and O–H groups in total. The summed E-state index contributed by atoms with van der Waals surface area (Å²) in [5.41, 5.74) is 4.63. The van der Waals surface area contributed by atoms with Gasteiger partial charge in [-0.1, -0.05) is 48.5 Å². The highest BCUT2D eigenvalue weighted by molar-refractivity contribution is 5.79. The number of hydrogen-bond acceptors (Lipinski definition) is 6. The molecular weight excluding hydrogens is 382 g/mol. The monoisotopic (exact) mass is 405 g/mol.